The Morgan fingerprint density at radius 2 is 1.50 bits per heavy atom. The fraction of sp³-hybridized carbons (Fsp3) is 1.00. The molecule has 0 spiro atoms. The molecule has 1 aliphatic heterocycles. The number of hydrogen-bond acceptors (Lipinski definition) is 3. The van der Waals surface area contributed by atoms with E-state index in [4.69, 9.17) is 0 Å². The van der Waals surface area contributed by atoms with Crippen molar-refractivity contribution in [3.05, 3.63) is 0 Å². The van der Waals surface area contributed by atoms with Crippen LogP contribution in [-0.2, 0) is 9.84 Å². The van der Waals surface area contributed by atoms with E-state index in [1.54, 1.807) is 0 Å². The molecule has 1 saturated carbocycles. The lowest BCUT2D eigenvalue weighted by molar-refractivity contribution is 0.0114. The molecule has 2 rings (SSSR count). The molecule has 1 aliphatic carbocycles. The van der Waals surface area contributed by atoms with Crippen LogP contribution in [-0.4, -0.2) is 31.1 Å². The van der Waals surface area contributed by atoms with Crippen molar-refractivity contribution in [2.24, 2.45) is 11.8 Å². The second-order valence-electron chi connectivity index (χ2n) is 4.67. The van der Waals surface area contributed by atoms with Gasteiger partial charge in [0.15, 0.2) is 0 Å². The summed E-state index contributed by atoms with van der Waals surface area (Å²) < 4.78 is 22.4. The highest BCUT2D eigenvalue weighted by Crippen LogP contribution is 2.36. The molecule has 0 aromatic carbocycles. The molecule has 0 aromatic rings. The number of aliphatic hydroxyl groups excluding tert-OH is 1. The van der Waals surface area contributed by atoms with Crippen LogP contribution in [0.25, 0.3) is 0 Å². The average Bonchev–Trinajstić information content (AvgIpc) is 2.00. The second kappa shape index (κ2) is 3.81. The van der Waals surface area contributed by atoms with Crippen LogP contribution in [0, 0.1) is 11.8 Å². The maximum absolute atomic E-state index is 11.2. The molecule has 1 N–H and O–H groups in total. The summed E-state index contributed by atoms with van der Waals surface area (Å²) >= 11 is 0. The molecule has 0 amide bonds. The molecule has 1 unspecified atom stereocenters. The number of aliphatic hydroxyl groups is 1. The second-order valence-corrected chi connectivity index (χ2v) is 6.97. The minimum absolute atomic E-state index is 0.237. The molecule has 0 radical (unpaired) electrons. The van der Waals surface area contributed by atoms with E-state index in [9.17, 15) is 13.5 Å². The van der Waals surface area contributed by atoms with E-state index in [0.717, 1.165) is 12.8 Å². The van der Waals surface area contributed by atoms with Gasteiger partial charge in [-0.25, -0.2) is 8.42 Å². The Morgan fingerprint density at radius 1 is 1.00 bits per heavy atom. The van der Waals surface area contributed by atoms with Crippen LogP contribution < -0.4 is 0 Å². The summed E-state index contributed by atoms with van der Waals surface area (Å²) in [5.74, 6) is 1.26. The largest absolute Gasteiger partial charge is 0.393 e. The Bertz CT molecular complexity index is 278. The average molecular weight is 218 g/mol. The summed E-state index contributed by atoms with van der Waals surface area (Å²) in [6, 6.07) is 0. The zero-order valence-corrected chi connectivity index (χ0v) is 9.17. The molecule has 14 heavy (non-hydrogen) atoms. The van der Waals surface area contributed by atoms with Gasteiger partial charge >= 0.3 is 0 Å². The molecular weight excluding hydrogens is 200 g/mol. The van der Waals surface area contributed by atoms with Crippen molar-refractivity contribution in [3.8, 4) is 0 Å². The van der Waals surface area contributed by atoms with E-state index >= 15 is 0 Å². The Balaban J connectivity index is 1.88. The molecule has 2 aliphatic rings. The third-order valence-electron chi connectivity index (χ3n) is 3.72. The van der Waals surface area contributed by atoms with E-state index < -0.39 is 9.84 Å². The summed E-state index contributed by atoms with van der Waals surface area (Å²) in [7, 11) is -2.77. The van der Waals surface area contributed by atoms with E-state index in [-0.39, 0.29) is 23.5 Å². The van der Waals surface area contributed by atoms with Gasteiger partial charge in [-0.15, -0.1) is 0 Å². The Hall–Kier alpha value is -0.0900. The lowest BCUT2D eigenvalue weighted by Gasteiger charge is -2.36. The SMILES string of the molecule is O=S1(=O)CCC(C(O)C2CCC2)CC1. The fourth-order valence-electron chi connectivity index (χ4n) is 2.42. The Kier molecular flexibility index (Phi) is 2.84. The van der Waals surface area contributed by atoms with Crippen molar-refractivity contribution in [3.63, 3.8) is 0 Å². The molecule has 0 aromatic heterocycles. The maximum Gasteiger partial charge on any atom is 0.150 e. The smallest absolute Gasteiger partial charge is 0.150 e. The van der Waals surface area contributed by atoms with Gasteiger partial charge in [-0.1, -0.05) is 6.42 Å². The fourth-order valence-corrected chi connectivity index (χ4v) is 3.94. The first-order valence-electron chi connectivity index (χ1n) is 5.47. The summed E-state index contributed by atoms with van der Waals surface area (Å²) in [5.41, 5.74) is 0. The van der Waals surface area contributed by atoms with Crippen LogP contribution in [0.2, 0.25) is 0 Å². The first-order chi connectivity index (χ1) is 6.58. The molecule has 4 heteroatoms. The van der Waals surface area contributed by atoms with Crippen molar-refractivity contribution in [2.75, 3.05) is 11.5 Å². The zero-order valence-electron chi connectivity index (χ0n) is 8.35. The van der Waals surface area contributed by atoms with Gasteiger partial charge in [-0.2, -0.15) is 0 Å². The van der Waals surface area contributed by atoms with Gasteiger partial charge in [-0.05, 0) is 37.5 Å². The maximum atomic E-state index is 11.2. The predicted octanol–water partition coefficient (Wildman–Crippen LogP) is 0.972. The Labute approximate surface area is 85.4 Å². The summed E-state index contributed by atoms with van der Waals surface area (Å²) in [6.07, 6.45) is 4.58. The van der Waals surface area contributed by atoms with Crippen molar-refractivity contribution in [1.29, 1.82) is 0 Å². The van der Waals surface area contributed by atoms with Gasteiger partial charge in [0.05, 0.1) is 17.6 Å². The quantitative estimate of drug-likeness (QED) is 0.751. The zero-order chi connectivity index (χ0) is 10.2. The third kappa shape index (κ3) is 2.11. The minimum atomic E-state index is -2.77. The van der Waals surface area contributed by atoms with Crippen LogP contribution in [0.4, 0.5) is 0 Å². The molecule has 1 saturated heterocycles. The van der Waals surface area contributed by atoms with Crippen molar-refractivity contribution < 1.29 is 13.5 Å². The monoisotopic (exact) mass is 218 g/mol. The van der Waals surface area contributed by atoms with Crippen LogP contribution in [0.15, 0.2) is 0 Å². The topological polar surface area (TPSA) is 54.4 Å². The number of sulfone groups is 1. The summed E-state index contributed by atoms with van der Waals surface area (Å²) in [4.78, 5) is 0. The summed E-state index contributed by atoms with van der Waals surface area (Å²) in [5, 5.41) is 9.97. The standard InChI is InChI=1S/C10H18O3S/c11-10(8-2-1-3-8)9-4-6-14(12,13)7-5-9/h8-11H,1-7H2. The number of hydrogen-bond donors (Lipinski definition) is 1. The van der Waals surface area contributed by atoms with Crippen molar-refractivity contribution in [1.82, 2.24) is 0 Å². The Morgan fingerprint density at radius 3 is 1.93 bits per heavy atom. The first-order valence-corrected chi connectivity index (χ1v) is 7.29. The van der Waals surface area contributed by atoms with E-state index in [1.165, 1.54) is 6.42 Å². The summed E-state index contributed by atoms with van der Waals surface area (Å²) in [6.45, 7) is 0. The normalized spacial score (nSPS) is 30.9. The van der Waals surface area contributed by atoms with Gasteiger partial charge in [-0.3, -0.25) is 0 Å². The van der Waals surface area contributed by atoms with Gasteiger partial charge in [0.2, 0.25) is 0 Å². The van der Waals surface area contributed by atoms with Crippen LogP contribution in [0.5, 0.6) is 0 Å². The van der Waals surface area contributed by atoms with Crippen molar-refractivity contribution in [2.45, 2.75) is 38.2 Å². The van der Waals surface area contributed by atoms with E-state index in [1.807, 2.05) is 0 Å². The predicted molar refractivity (Wildman–Crippen MR) is 54.7 cm³/mol. The van der Waals surface area contributed by atoms with Crippen molar-refractivity contribution >= 4 is 9.84 Å². The lowest BCUT2D eigenvalue weighted by atomic mass is 9.75. The highest BCUT2D eigenvalue weighted by Gasteiger charge is 2.35. The van der Waals surface area contributed by atoms with Crippen LogP contribution >= 0.6 is 0 Å². The molecule has 2 fully saturated rings. The van der Waals surface area contributed by atoms with Gasteiger partial charge in [0.25, 0.3) is 0 Å². The van der Waals surface area contributed by atoms with Gasteiger partial charge in [0, 0.05) is 0 Å². The molecule has 3 nitrogen and oxygen atoms in total. The third-order valence-corrected chi connectivity index (χ3v) is 5.43. The lowest BCUT2D eigenvalue weighted by Crippen LogP contribution is -2.38. The highest BCUT2D eigenvalue weighted by molar-refractivity contribution is 7.91. The molecular formula is C10H18O3S. The molecule has 1 heterocycles. The van der Waals surface area contributed by atoms with Gasteiger partial charge < -0.3 is 5.11 Å². The van der Waals surface area contributed by atoms with E-state index in [0.29, 0.717) is 18.8 Å². The minimum Gasteiger partial charge on any atom is -0.393 e. The van der Waals surface area contributed by atoms with Crippen LogP contribution in [0.3, 0.4) is 0 Å². The molecule has 1 atom stereocenters. The highest BCUT2D eigenvalue weighted by atomic mass is 32.2. The first kappa shape index (κ1) is 10.4. The molecule has 82 valence electrons. The van der Waals surface area contributed by atoms with Crippen LogP contribution in [0.1, 0.15) is 32.1 Å². The number of rotatable bonds is 2. The van der Waals surface area contributed by atoms with E-state index in [2.05, 4.69) is 0 Å². The van der Waals surface area contributed by atoms with Gasteiger partial charge in [0.1, 0.15) is 9.84 Å². The molecule has 0 bridgehead atoms.